The summed E-state index contributed by atoms with van der Waals surface area (Å²) < 4.78 is 4.95. The van der Waals surface area contributed by atoms with E-state index in [1.807, 2.05) is 6.92 Å². The molecule has 5 nitrogen and oxygen atoms in total. The zero-order valence-corrected chi connectivity index (χ0v) is 8.73. The van der Waals surface area contributed by atoms with Gasteiger partial charge in [-0.05, 0) is 6.42 Å². The zero-order chi connectivity index (χ0) is 9.68. The highest BCUT2D eigenvalue weighted by Crippen LogP contribution is 2.05. The molecule has 0 aliphatic heterocycles. The average Bonchev–Trinajstić information content (AvgIpc) is 2.52. The number of rotatable bonds is 4. The lowest BCUT2D eigenvalue weighted by atomic mass is 10.3. The van der Waals surface area contributed by atoms with Gasteiger partial charge >= 0.3 is 5.97 Å². The first-order valence-corrected chi connectivity index (χ1v) is 4.27. The summed E-state index contributed by atoms with van der Waals surface area (Å²) in [6.07, 6.45) is 3.37. The molecule has 0 fully saturated rings. The second-order valence-electron chi connectivity index (χ2n) is 2.73. The molecule has 0 radical (unpaired) electrons. The van der Waals surface area contributed by atoms with Gasteiger partial charge in [0.1, 0.15) is 0 Å². The highest BCUT2D eigenvalue weighted by molar-refractivity contribution is 5.93. The Labute approximate surface area is 88.4 Å². The third-order valence-corrected chi connectivity index (χ3v) is 1.66. The summed E-state index contributed by atoms with van der Waals surface area (Å²) in [5.41, 5.74) is 5.82. The van der Waals surface area contributed by atoms with E-state index in [9.17, 15) is 4.79 Å². The second kappa shape index (κ2) is 6.26. The zero-order valence-electron chi connectivity index (χ0n) is 7.97. The van der Waals surface area contributed by atoms with Crippen LogP contribution in [0.5, 0.6) is 0 Å². The van der Waals surface area contributed by atoms with Crippen molar-refractivity contribution in [3.05, 3.63) is 11.8 Å². The number of anilines is 1. The monoisotopic (exact) mass is 219 g/mol. The number of ether oxygens (including phenoxy) is 1. The Kier molecular flexibility index (Phi) is 5.71. The van der Waals surface area contributed by atoms with E-state index >= 15 is 0 Å². The lowest BCUT2D eigenvalue weighted by Crippen LogP contribution is -3.00. The number of halogens is 1. The molecule has 1 aromatic heterocycles. The van der Waals surface area contributed by atoms with Gasteiger partial charge in [0.2, 0.25) is 6.20 Å². The number of nitrogens with two attached hydrogens (primary N) is 1. The minimum Gasteiger partial charge on any atom is -1.00 e. The Hall–Kier alpha value is -1.23. The van der Waals surface area contributed by atoms with Gasteiger partial charge in [-0.25, -0.2) is 4.79 Å². The second-order valence-corrected chi connectivity index (χ2v) is 2.73. The number of hydrogen-bond acceptors (Lipinski definition) is 3. The number of nitrogen functional groups attached to an aromatic ring is 1. The molecule has 0 amide bonds. The molecule has 0 saturated heterocycles. The number of aromatic amines is 2. The molecular weight excluding hydrogens is 206 g/mol. The predicted octanol–water partition coefficient (Wildman–Crippen LogP) is -2.63. The van der Waals surface area contributed by atoms with Gasteiger partial charge in [-0.1, -0.05) is 13.3 Å². The molecule has 6 heteroatoms. The minimum atomic E-state index is -0.386. The molecule has 1 aromatic rings. The molecule has 0 saturated carbocycles. The Morgan fingerprint density at radius 2 is 2.43 bits per heavy atom. The van der Waals surface area contributed by atoms with Crippen molar-refractivity contribution in [1.82, 2.24) is 5.10 Å². The van der Waals surface area contributed by atoms with E-state index in [1.165, 1.54) is 6.20 Å². The summed E-state index contributed by atoms with van der Waals surface area (Å²) in [7, 11) is 0. The number of carbonyl (C=O) groups excluding carboxylic acids is 1. The molecule has 80 valence electrons. The molecule has 0 aliphatic rings. The highest BCUT2D eigenvalue weighted by atomic mass is 35.5. The number of H-pyrrole nitrogens is 2. The van der Waals surface area contributed by atoms with E-state index in [0.717, 1.165) is 12.8 Å². The maximum atomic E-state index is 11.3. The van der Waals surface area contributed by atoms with Crippen molar-refractivity contribution in [2.75, 3.05) is 12.3 Å². The topological polar surface area (TPSA) is 82.2 Å². The molecule has 0 spiro atoms. The van der Waals surface area contributed by atoms with Crippen LogP contribution in [0.1, 0.15) is 30.1 Å². The van der Waals surface area contributed by atoms with E-state index in [-0.39, 0.29) is 18.4 Å². The number of nitrogens with one attached hydrogen (secondary N) is 2. The van der Waals surface area contributed by atoms with Gasteiger partial charge in [-0.3, -0.25) is 0 Å². The number of aromatic nitrogens is 2. The number of esters is 1. The SMILES string of the molecule is CCCCOC(=O)c1c[nH+][nH]c1N.[Cl-]. The summed E-state index contributed by atoms with van der Waals surface area (Å²) in [5, 5.41) is 5.21. The summed E-state index contributed by atoms with van der Waals surface area (Å²) in [4.78, 5) is 11.3. The standard InChI is InChI=1S/C8H13N3O2.ClH/c1-2-3-4-13-8(12)6-5-10-11-7(6)9;/h5H,2-4H2,1H3,(H3,9,10,11);1H. The van der Waals surface area contributed by atoms with Crippen molar-refractivity contribution in [2.24, 2.45) is 0 Å². The Morgan fingerprint density at radius 3 is 2.93 bits per heavy atom. The fraction of sp³-hybridized carbons (Fsp3) is 0.500. The van der Waals surface area contributed by atoms with Crippen molar-refractivity contribution in [3.63, 3.8) is 0 Å². The molecule has 1 heterocycles. The van der Waals surface area contributed by atoms with E-state index in [4.69, 9.17) is 10.5 Å². The summed E-state index contributed by atoms with van der Waals surface area (Å²) in [5.74, 6) is -0.0788. The highest BCUT2D eigenvalue weighted by Gasteiger charge is 2.15. The molecule has 0 unspecified atom stereocenters. The van der Waals surface area contributed by atoms with Crippen LogP contribution in [0.25, 0.3) is 0 Å². The van der Waals surface area contributed by atoms with Crippen LogP contribution in [0.15, 0.2) is 6.20 Å². The van der Waals surface area contributed by atoms with Crippen molar-refractivity contribution in [3.8, 4) is 0 Å². The van der Waals surface area contributed by atoms with Gasteiger partial charge in [0, 0.05) is 0 Å². The largest absolute Gasteiger partial charge is 1.00 e. The van der Waals surface area contributed by atoms with Crippen LogP contribution in [0.2, 0.25) is 0 Å². The molecule has 0 bridgehead atoms. The van der Waals surface area contributed by atoms with Crippen LogP contribution in [-0.2, 0) is 4.74 Å². The van der Waals surface area contributed by atoms with Gasteiger partial charge in [-0.2, -0.15) is 5.10 Å². The maximum absolute atomic E-state index is 11.3. The number of carbonyl (C=O) groups is 1. The van der Waals surface area contributed by atoms with Gasteiger partial charge < -0.3 is 22.9 Å². The van der Waals surface area contributed by atoms with Gasteiger partial charge in [0.05, 0.1) is 6.61 Å². The van der Waals surface area contributed by atoms with Crippen molar-refractivity contribution in [2.45, 2.75) is 19.8 Å². The average molecular weight is 220 g/mol. The fourth-order valence-electron chi connectivity index (χ4n) is 0.887. The fourth-order valence-corrected chi connectivity index (χ4v) is 0.887. The molecular formula is C8H14ClN3O2. The Morgan fingerprint density at radius 1 is 1.71 bits per heavy atom. The van der Waals surface area contributed by atoms with Crippen LogP contribution in [0, 0.1) is 0 Å². The van der Waals surface area contributed by atoms with Crippen molar-refractivity contribution < 1.29 is 27.0 Å². The van der Waals surface area contributed by atoms with Crippen LogP contribution in [-0.4, -0.2) is 17.7 Å². The van der Waals surface area contributed by atoms with Gasteiger partial charge in [-0.15, -0.1) is 5.10 Å². The van der Waals surface area contributed by atoms with Crippen LogP contribution >= 0.6 is 0 Å². The predicted molar refractivity (Wildman–Crippen MR) is 47.0 cm³/mol. The van der Waals surface area contributed by atoms with Crippen LogP contribution in [0.3, 0.4) is 0 Å². The van der Waals surface area contributed by atoms with Crippen molar-refractivity contribution >= 4 is 11.8 Å². The molecule has 0 aromatic carbocycles. The molecule has 4 N–H and O–H groups in total. The molecule has 1 rings (SSSR count). The van der Waals surface area contributed by atoms with Crippen molar-refractivity contribution in [1.29, 1.82) is 0 Å². The maximum Gasteiger partial charge on any atom is 0.348 e. The quantitative estimate of drug-likeness (QED) is 0.430. The summed E-state index contributed by atoms with van der Waals surface area (Å²) in [6.45, 7) is 2.48. The smallest absolute Gasteiger partial charge is 0.348 e. The number of hydrogen-bond donors (Lipinski definition) is 2. The first-order chi connectivity index (χ1) is 6.25. The lowest BCUT2D eigenvalue weighted by Gasteiger charge is -2.00. The minimum absolute atomic E-state index is 0. The lowest BCUT2D eigenvalue weighted by molar-refractivity contribution is -0.447. The van der Waals surface area contributed by atoms with E-state index in [0.29, 0.717) is 18.0 Å². The summed E-state index contributed by atoms with van der Waals surface area (Å²) in [6, 6.07) is 0. The molecule has 0 atom stereocenters. The Balaban J connectivity index is 0.00000169. The first kappa shape index (κ1) is 12.8. The van der Waals surface area contributed by atoms with E-state index < -0.39 is 0 Å². The van der Waals surface area contributed by atoms with Crippen LogP contribution in [0.4, 0.5) is 5.82 Å². The van der Waals surface area contributed by atoms with Gasteiger partial charge in [0.15, 0.2) is 11.4 Å². The Bertz CT molecular complexity index is 288. The summed E-state index contributed by atoms with van der Waals surface area (Å²) >= 11 is 0. The number of unbranched alkanes of at least 4 members (excludes halogenated alkanes) is 1. The first-order valence-electron chi connectivity index (χ1n) is 4.27. The van der Waals surface area contributed by atoms with E-state index in [1.54, 1.807) is 0 Å². The van der Waals surface area contributed by atoms with E-state index in [2.05, 4.69) is 10.2 Å². The van der Waals surface area contributed by atoms with Gasteiger partial charge in [0.25, 0.3) is 0 Å². The third kappa shape index (κ3) is 3.26. The van der Waals surface area contributed by atoms with Crippen LogP contribution < -0.4 is 23.2 Å². The molecule has 0 aliphatic carbocycles. The third-order valence-electron chi connectivity index (χ3n) is 1.66. The molecule has 14 heavy (non-hydrogen) atoms. The normalized spacial score (nSPS) is 9.21.